The average Bonchev–Trinajstić information content (AvgIpc) is 2.27. The van der Waals surface area contributed by atoms with Gasteiger partial charge in [0.25, 0.3) is 0 Å². The van der Waals surface area contributed by atoms with Gasteiger partial charge in [0.05, 0.1) is 12.0 Å². The van der Waals surface area contributed by atoms with Crippen LogP contribution in [-0.4, -0.2) is 49.2 Å². The van der Waals surface area contributed by atoms with Crippen LogP contribution < -0.4 is 5.32 Å². The van der Waals surface area contributed by atoms with Gasteiger partial charge in [-0.25, -0.2) is 0 Å². The molecule has 0 radical (unpaired) electrons. The minimum Gasteiger partial charge on any atom is -0.395 e. The van der Waals surface area contributed by atoms with Crippen molar-refractivity contribution in [2.75, 3.05) is 33.3 Å². The fourth-order valence-corrected chi connectivity index (χ4v) is 1.99. The predicted molar refractivity (Wildman–Crippen MR) is 64.1 cm³/mol. The van der Waals surface area contributed by atoms with E-state index in [1.165, 1.54) is 0 Å². The Morgan fingerprint density at radius 3 is 2.44 bits per heavy atom. The normalized spacial score (nSPS) is 21.1. The Hall–Kier alpha value is -0.610. The molecule has 1 heterocycles. The van der Waals surface area contributed by atoms with Crippen LogP contribution in [0.25, 0.3) is 0 Å². The monoisotopic (exact) mass is 228 g/mol. The predicted octanol–water partition coefficient (Wildman–Crippen LogP) is 0.463. The Balaban J connectivity index is 2.55. The maximum absolute atomic E-state index is 12.1. The summed E-state index contributed by atoms with van der Waals surface area (Å²) in [5, 5.41) is 12.4. The van der Waals surface area contributed by atoms with E-state index in [9.17, 15) is 9.90 Å². The lowest BCUT2D eigenvalue weighted by molar-refractivity contribution is -0.136. The van der Waals surface area contributed by atoms with E-state index >= 15 is 0 Å². The molecular formula is C12H24N2O2. The number of piperidine rings is 1. The molecule has 1 aliphatic rings. The van der Waals surface area contributed by atoms with Crippen LogP contribution in [0, 0.1) is 11.3 Å². The first-order chi connectivity index (χ1) is 7.50. The highest BCUT2D eigenvalue weighted by Gasteiger charge is 2.39. The molecule has 0 aromatic rings. The molecule has 4 heteroatoms. The molecule has 1 fully saturated rings. The van der Waals surface area contributed by atoms with Crippen molar-refractivity contribution >= 4 is 5.91 Å². The van der Waals surface area contributed by atoms with E-state index in [2.05, 4.69) is 24.1 Å². The van der Waals surface area contributed by atoms with Gasteiger partial charge in [0.2, 0.25) is 5.91 Å². The zero-order valence-corrected chi connectivity index (χ0v) is 10.6. The van der Waals surface area contributed by atoms with Gasteiger partial charge in [0.1, 0.15) is 0 Å². The van der Waals surface area contributed by atoms with Gasteiger partial charge in [-0.15, -0.1) is 0 Å². The molecule has 1 amide bonds. The van der Waals surface area contributed by atoms with Crippen molar-refractivity contribution in [3.8, 4) is 0 Å². The molecule has 0 aliphatic carbocycles. The highest BCUT2D eigenvalue weighted by atomic mass is 16.3. The summed E-state index contributed by atoms with van der Waals surface area (Å²) in [5.41, 5.74) is -0.540. The minimum atomic E-state index is -0.540. The van der Waals surface area contributed by atoms with Gasteiger partial charge in [-0.05, 0) is 38.9 Å². The first-order valence-electron chi connectivity index (χ1n) is 6.08. The molecule has 0 bridgehead atoms. The summed E-state index contributed by atoms with van der Waals surface area (Å²) in [7, 11) is 2.05. The average molecular weight is 228 g/mol. The smallest absolute Gasteiger partial charge is 0.228 e. The van der Waals surface area contributed by atoms with Crippen molar-refractivity contribution in [1.82, 2.24) is 10.2 Å². The molecule has 16 heavy (non-hydrogen) atoms. The Kier molecular flexibility index (Phi) is 4.74. The van der Waals surface area contributed by atoms with E-state index in [-0.39, 0.29) is 12.5 Å². The maximum atomic E-state index is 12.1. The first-order valence-corrected chi connectivity index (χ1v) is 6.08. The number of amides is 1. The molecule has 4 nitrogen and oxygen atoms in total. The van der Waals surface area contributed by atoms with Crippen molar-refractivity contribution < 1.29 is 9.90 Å². The lowest BCUT2D eigenvalue weighted by Gasteiger charge is -2.38. The second-order valence-electron chi connectivity index (χ2n) is 5.35. The number of hydrogen-bond donors (Lipinski definition) is 2. The number of hydrogen-bond acceptors (Lipinski definition) is 3. The number of nitrogens with one attached hydrogen (secondary N) is 1. The van der Waals surface area contributed by atoms with Crippen molar-refractivity contribution in [1.29, 1.82) is 0 Å². The van der Waals surface area contributed by atoms with Crippen LogP contribution >= 0.6 is 0 Å². The lowest BCUT2D eigenvalue weighted by Crippen LogP contribution is -2.50. The molecule has 1 rings (SSSR count). The maximum Gasteiger partial charge on any atom is 0.228 e. The number of nitrogens with zero attached hydrogens (tertiary/aromatic N) is 1. The molecule has 2 N–H and O–H groups in total. The van der Waals surface area contributed by atoms with Gasteiger partial charge >= 0.3 is 0 Å². The third-order valence-corrected chi connectivity index (χ3v) is 3.40. The summed E-state index contributed by atoms with van der Waals surface area (Å²) in [6.45, 7) is 6.56. The minimum absolute atomic E-state index is 0.0248. The van der Waals surface area contributed by atoms with E-state index < -0.39 is 5.41 Å². The molecule has 0 unspecified atom stereocenters. The van der Waals surface area contributed by atoms with E-state index in [1.54, 1.807) is 0 Å². The molecule has 0 aromatic carbocycles. The SMILES string of the molecule is CC(C)CNC(=O)C1(CO)CCN(C)CC1. The van der Waals surface area contributed by atoms with E-state index in [1.807, 2.05) is 7.05 Å². The van der Waals surface area contributed by atoms with Crippen LogP contribution in [0.3, 0.4) is 0 Å². The zero-order chi connectivity index (χ0) is 12.2. The largest absolute Gasteiger partial charge is 0.395 e. The standard InChI is InChI=1S/C12H24N2O2/c1-10(2)8-13-11(16)12(9-15)4-6-14(3)7-5-12/h10,15H,4-9H2,1-3H3,(H,13,16). The second kappa shape index (κ2) is 5.64. The van der Waals surface area contributed by atoms with Crippen LogP contribution in [0.15, 0.2) is 0 Å². The number of rotatable bonds is 4. The summed E-state index contributed by atoms with van der Waals surface area (Å²) in [4.78, 5) is 14.3. The molecule has 0 saturated carbocycles. The number of aliphatic hydroxyl groups is 1. The quantitative estimate of drug-likeness (QED) is 0.735. The fraction of sp³-hybridized carbons (Fsp3) is 0.917. The Bertz CT molecular complexity index is 233. The molecule has 0 spiro atoms. The Labute approximate surface area is 98.0 Å². The van der Waals surface area contributed by atoms with Crippen LogP contribution in [-0.2, 0) is 4.79 Å². The molecule has 94 valence electrons. The first kappa shape index (κ1) is 13.5. The highest BCUT2D eigenvalue weighted by molar-refractivity contribution is 5.82. The van der Waals surface area contributed by atoms with E-state index in [4.69, 9.17) is 0 Å². The van der Waals surface area contributed by atoms with Crippen molar-refractivity contribution in [2.24, 2.45) is 11.3 Å². The third kappa shape index (κ3) is 3.19. The van der Waals surface area contributed by atoms with Crippen molar-refractivity contribution in [3.63, 3.8) is 0 Å². The van der Waals surface area contributed by atoms with Gasteiger partial charge in [-0.3, -0.25) is 4.79 Å². The molecular weight excluding hydrogens is 204 g/mol. The fourth-order valence-electron chi connectivity index (χ4n) is 1.99. The van der Waals surface area contributed by atoms with Crippen LogP contribution in [0.2, 0.25) is 0 Å². The number of aliphatic hydroxyl groups excluding tert-OH is 1. The molecule has 0 atom stereocenters. The highest BCUT2D eigenvalue weighted by Crippen LogP contribution is 2.30. The number of carbonyl (C=O) groups excluding carboxylic acids is 1. The number of carbonyl (C=O) groups is 1. The second-order valence-corrected chi connectivity index (χ2v) is 5.35. The lowest BCUT2D eigenvalue weighted by atomic mass is 9.78. The summed E-state index contributed by atoms with van der Waals surface area (Å²) in [6.07, 6.45) is 1.51. The summed E-state index contributed by atoms with van der Waals surface area (Å²) in [5.74, 6) is 0.475. The summed E-state index contributed by atoms with van der Waals surface area (Å²) < 4.78 is 0. The topological polar surface area (TPSA) is 52.6 Å². The van der Waals surface area contributed by atoms with Gasteiger partial charge in [-0.2, -0.15) is 0 Å². The van der Waals surface area contributed by atoms with Gasteiger partial charge in [0.15, 0.2) is 0 Å². The van der Waals surface area contributed by atoms with Gasteiger partial charge in [0, 0.05) is 6.54 Å². The van der Waals surface area contributed by atoms with Crippen LogP contribution in [0.5, 0.6) is 0 Å². The van der Waals surface area contributed by atoms with E-state index in [0.717, 1.165) is 25.9 Å². The zero-order valence-electron chi connectivity index (χ0n) is 10.6. The Morgan fingerprint density at radius 1 is 1.44 bits per heavy atom. The van der Waals surface area contributed by atoms with Gasteiger partial charge < -0.3 is 15.3 Å². The third-order valence-electron chi connectivity index (χ3n) is 3.40. The van der Waals surface area contributed by atoms with Gasteiger partial charge in [-0.1, -0.05) is 13.8 Å². The molecule has 1 saturated heterocycles. The Morgan fingerprint density at radius 2 is 2.00 bits per heavy atom. The van der Waals surface area contributed by atoms with Crippen LogP contribution in [0.1, 0.15) is 26.7 Å². The van der Waals surface area contributed by atoms with Crippen LogP contribution in [0.4, 0.5) is 0 Å². The molecule has 0 aromatic heterocycles. The summed E-state index contributed by atoms with van der Waals surface area (Å²) >= 11 is 0. The summed E-state index contributed by atoms with van der Waals surface area (Å²) in [6, 6.07) is 0. The molecule has 1 aliphatic heterocycles. The van der Waals surface area contributed by atoms with E-state index in [0.29, 0.717) is 12.5 Å². The van der Waals surface area contributed by atoms with Crippen molar-refractivity contribution in [2.45, 2.75) is 26.7 Å². The van der Waals surface area contributed by atoms with Crippen molar-refractivity contribution in [3.05, 3.63) is 0 Å². The number of likely N-dealkylation sites (tertiary alicyclic amines) is 1.